The highest BCUT2D eigenvalue weighted by molar-refractivity contribution is 7.90. The van der Waals surface area contributed by atoms with Gasteiger partial charge in [-0.1, -0.05) is 30.5 Å². The molecule has 1 atom stereocenters. The number of halogens is 4. The van der Waals surface area contributed by atoms with E-state index < -0.39 is 27.5 Å². The molecule has 1 aliphatic carbocycles. The van der Waals surface area contributed by atoms with E-state index in [-0.39, 0.29) is 58.8 Å². The number of carbonyl (C=O) groups excluding carboxylic acids is 1. The molecule has 3 aromatic heterocycles. The Kier molecular flexibility index (Phi) is 10.00. The predicted molar refractivity (Wildman–Crippen MR) is 165 cm³/mol. The number of ether oxygens (including phenoxy) is 1. The molecule has 1 aliphatic heterocycles. The van der Waals surface area contributed by atoms with Gasteiger partial charge in [0.1, 0.15) is 5.15 Å². The van der Waals surface area contributed by atoms with Gasteiger partial charge in [0.15, 0.2) is 10.8 Å². The normalized spacial score (nSPS) is 18.8. The van der Waals surface area contributed by atoms with Gasteiger partial charge >= 0.3 is 6.18 Å². The van der Waals surface area contributed by atoms with Crippen LogP contribution in [0.1, 0.15) is 81.1 Å². The first kappa shape index (κ1) is 34.1. The van der Waals surface area contributed by atoms with Crippen molar-refractivity contribution in [2.45, 2.75) is 88.4 Å². The molecule has 2 aliphatic rings. The highest BCUT2D eigenvalue weighted by atomic mass is 35.5. The Morgan fingerprint density at radius 2 is 1.93 bits per heavy atom. The summed E-state index contributed by atoms with van der Waals surface area (Å²) >= 11 is 6.22. The van der Waals surface area contributed by atoms with Crippen LogP contribution in [0.4, 0.5) is 13.2 Å². The molecule has 2 fully saturated rings. The van der Waals surface area contributed by atoms with Crippen LogP contribution in [0, 0.1) is 11.3 Å². The van der Waals surface area contributed by atoms with Gasteiger partial charge in [-0.3, -0.25) is 4.79 Å². The number of aryl methyl sites for hydroxylation is 1. The molecule has 46 heavy (non-hydrogen) atoms. The van der Waals surface area contributed by atoms with E-state index in [0.717, 1.165) is 37.8 Å². The van der Waals surface area contributed by atoms with E-state index in [0.29, 0.717) is 5.92 Å². The first-order chi connectivity index (χ1) is 21.7. The Hall–Kier alpha value is -3.23. The zero-order valence-electron chi connectivity index (χ0n) is 25.7. The van der Waals surface area contributed by atoms with Crippen molar-refractivity contribution in [1.29, 1.82) is 0 Å². The van der Waals surface area contributed by atoms with Gasteiger partial charge in [-0.15, -0.1) is 5.10 Å². The number of rotatable bonds is 14. The monoisotopic (exact) mass is 682 g/mol. The summed E-state index contributed by atoms with van der Waals surface area (Å²) in [5.41, 5.74) is -0.716. The van der Waals surface area contributed by atoms with Crippen molar-refractivity contribution in [2.75, 3.05) is 13.2 Å². The minimum absolute atomic E-state index is 0.0959. The van der Waals surface area contributed by atoms with Crippen LogP contribution in [0.2, 0.25) is 5.15 Å². The zero-order chi connectivity index (χ0) is 33.2. The quantitative estimate of drug-likeness (QED) is 0.156. The largest absolute Gasteiger partial charge is 0.477 e. The topological polar surface area (TPSA) is 128 Å². The van der Waals surface area contributed by atoms with E-state index in [9.17, 15) is 26.4 Å². The molecule has 0 spiro atoms. The van der Waals surface area contributed by atoms with Crippen molar-refractivity contribution in [2.24, 2.45) is 11.3 Å². The fourth-order valence-corrected chi connectivity index (χ4v) is 6.92. The van der Waals surface area contributed by atoms with Gasteiger partial charge in [-0.25, -0.2) is 19.4 Å². The van der Waals surface area contributed by atoms with Crippen molar-refractivity contribution in [1.82, 2.24) is 29.8 Å². The predicted octanol–water partition coefficient (Wildman–Crippen LogP) is 6.04. The average Bonchev–Trinajstić information content (AvgIpc) is 3.51. The maximum Gasteiger partial charge on any atom is 0.394 e. The van der Waals surface area contributed by atoms with Crippen molar-refractivity contribution in [3.05, 3.63) is 59.0 Å². The molecular formula is C31H38ClF3N6O4S. The molecule has 10 nitrogen and oxygen atoms in total. The summed E-state index contributed by atoms with van der Waals surface area (Å²) in [5, 5.41) is 7.12. The van der Waals surface area contributed by atoms with Gasteiger partial charge in [-0.2, -0.15) is 21.6 Å². The van der Waals surface area contributed by atoms with E-state index in [1.165, 1.54) is 54.2 Å². The number of alkyl halides is 3. The number of sulfonamides is 1. The SMILES string of the molecule is CC1(C)CC(CCCCCc2ccc(S(=O)(=O)NC(=O)c3ccc(-n4ccc(OCCC5(C(F)(F)F)CC5)n4)nc3Cl)nc2)CN1. The number of hydrogen-bond acceptors (Lipinski definition) is 8. The summed E-state index contributed by atoms with van der Waals surface area (Å²) in [6.45, 7) is 5.39. The van der Waals surface area contributed by atoms with Gasteiger partial charge in [0.05, 0.1) is 17.6 Å². The molecule has 1 saturated heterocycles. The standard InChI is InChI=1S/C31H38ClF3N6O4S/c1-29(2)18-22(20-37-29)7-5-3-4-6-21-8-11-26(36-19-21)46(43,44)40-28(42)23-9-10-24(38-27(23)32)41-16-12-25(39-41)45-17-15-30(13-14-30)31(33,34)35/h8-12,16,19,22,37H,3-7,13-15,17-18,20H2,1-2H3,(H,40,42). The number of nitrogens with zero attached hydrogens (tertiary/aromatic N) is 4. The molecule has 0 radical (unpaired) electrons. The molecule has 0 bridgehead atoms. The summed E-state index contributed by atoms with van der Waals surface area (Å²) in [6, 6.07) is 7.21. The molecular weight excluding hydrogens is 645 g/mol. The molecule has 1 amide bonds. The summed E-state index contributed by atoms with van der Waals surface area (Å²) in [5.74, 6) is 0.0153. The lowest BCUT2D eigenvalue weighted by Crippen LogP contribution is -2.31. The first-order valence-corrected chi connectivity index (χ1v) is 17.2. The summed E-state index contributed by atoms with van der Waals surface area (Å²) < 4.78 is 73.7. The highest BCUT2D eigenvalue weighted by Gasteiger charge is 2.62. The van der Waals surface area contributed by atoms with E-state index in [1.54, 1.807) is 6.07 Å². The maximum absolute atomic E-state index is 13.1. The first-order valence-electron chi connectivity index (χ1n) is 15.4. The van der Waals surface area contributed by atoms with E-state index in [4.69, 9.17) is 16.3 Å². The second-order valence-corrected chi connectivity index (χ2v) is 14.8. The van der Waals surface area contributed by atoms with Crippen LogP contribution in [-0.4, -0.2) is 58.9 Å². The second kappa shape index (κ2) is 13.5. The van der Waals surface area contributed by atoms with E-state index in [2.05, 4.69) is 34.2 Å². The van der Waals surface area contributed by atoms with Crippen LogP contribution < -0.4 is 14.8 Å². The summed E-state index contributed by atoms with van der Waals surface area (Å²) in [6.07, 6.45) is 5.15. The number of carbonyl (C=O) groups is 1. The number of aromatic nitrogens is 4. The summed E-state index contributed by atoms with van der Waals surface area (Å²) in [4.78, 5) is 21.0. The second-order valence-electron chi connectivity index (χ2n) is 12.9. The minimum atomic E-state index is -4.28. The maximum atomic E-state index is 13.1. The van der Waals surface area contributed by atoms with Gasteiger partial charge in [0.2, 0.25) is 5.88 Å². The molecule has 2 N–H and O–H groups in total. The van der Waals surface area contributed by atoms with Crippen LogP contribution in [0.25, 0.3) is 5.82 Å². The third-order valence-corrected chi connectivity index (χ3v) is 10.2. The Morgan fingerprint density at radius 1 is 1.15 bits per heavy atom. The van der Waals surface area contributed by atoms with Gasteiger partial charge in [0.25, 0.3) is 15.9 Å². The molecule has 1 unspecified atom stereocenters. The smallest absolute Gasteiger partial charge is 0.394 e. The van der Waals surface area contributed by atoms with Gasteiger partial charge in [0, 0.05) is 24.0 Å². The third kappa shape index (κ3) is 8.37. The molecule has 0 aromatic carbocycles. The molecule has 15 heteroatoms. The lowest BCUT2D eigenvalue weighted by molar-refractivity contribution is -0.190. The van der Waals surface area contributed by atoms with E-state index >= 15 is 0 Å². The Labute approximate surface area is 271 Å². The van der Waals surface area contributed by atoms with Crippen molar-refractivity contribution >= 4 is 27.5 Å². The fraction of sp³-hybridized carbons (Fsp3) is 0.548. The Morgan fingerprint density at radius 3 is 2.57 bits per heavy atom. The van der Waals surface area contributed by atoms with Crippen LogP contribution in [-0.2, 0) is 16.4 Å². The lowest BCUT2D eigenvalue weighted by Gasteiger charge is -2.18. The molecule has 5 rings (SSSR count). The molecule has 4 heterocycles. The lowest BCUT2D eigenvalue weighted by atomic mass is 9.92. The van der Waals surface area contributed by atoms with Crippen LogP contribution in [0.3, 0.4) is 0 Å². The molecule has 3 aromatic rings. The third-order valence-electron chi connectivity index (χ3n) is 8.71. The van der Waals surface area contributed by atoms with Crippen molar-refractivity contribution in [3.63, 3.8) is 0 Å². The van der Waals surface area contributed by atoms with Crippen molar-refractivity contribution in [3.8, 4) is 11.7 Å². The molecule has 1 saturated carbocycles. The van der Waals surface area contributed by atoms with Gasteiger partial charge in [-0.05, 0) is 95.0 Å². The fourth-order valence-electron chi connectivity index (χ4n) is 5.79. The Balaban J connectivity index is 1.09. The van der Waals surface area contributed by atoms with Gasteiger partial charge < -0.3 is 10.1 Å². The van der Waals surface area contributed by atoms with Crippen LogP contribution >= 0.6 is 11.6 Å². The van der Waals surface area contributed by atoms with Crippen LogP contribution in [0.15, 0.2) is 47.8 Å². The Bertz CT molecular complexity index is 1640. The molecule has 250 valence electrons. The zero-order valence-corrected chi connectivity index (χ0v) is 27.3. The number of pyridine rings is 2. The highest BCUT2D eigenvalue weighted by Crippen LogP contribution is 2.59. The minimum Gasteiger partial charge on any atom is -0.477 e. The summed E-state index contributed by atoms with van der Waals surface area (Å²) in [7, 11) is -4.28. The number of unbranched alkanes of at least 4 members (excludes halogenated alkanes) is 2. The number of nitrogens with one attached hydrogen (secondary N) is 2. The number of amides is 1. The average molecular weight is 683 g/mol. The van der Waals surface area contributed by atoms with Crippen molar-refractivity contribution < 1.29 is 31.1 Å². The van der Waals surface area contributed by atoms with Crippen LogP contribution in [0.5, 0.6) is 5.88 Å². The van der Waals surface area contributed by atoms with E-state index in [1.807, 2.05) is 4.72 Å². The number of hydrogen-bond donors (Lipinski definition) is 2.